The third kappa shape index (κ3) is 1.88. The standard InChI is InChI=1S/C11H20N2O2/c1-3-13-7-4-6-11(9-13)12(2)10(14)5-8-15-11/h3-9H2,1-2H3. The van der Waals surface area contributed by atoms with Crippen molar-refractivity contribution in [3.63, 3.8) is 0 Å². The highest BCUT2D eigenvalue weighted by molar-refractivity contribution is 5.77. The van der Waals surface area contributed by atoms with E-state index in [9.17, 15) is 4.79 Å². The molecule has 2 heterocycles. The third-order valence-electron chi connectivity index (χ3n) is 3.63. The zero-order chi connectivity index (χ0) is 10.9. The second-order valence-electron chi connectivity index (χ2n) is 4.47. The smallest absolute Gasteiger partial charge is 0.226 e. The number of likely N-dealkylation sites (N-methyl/N-ethyl adjacent to an activating group) is 2. The highest BCUT2D eigenvalue weighted by Crippen LogP contribution is 2.31. The molecule has 2 aliphatic rings. The van der Waals surface area contributed by atoms with E-state index >= 15 is 0 Å². The Balaban J connectivity index is 2.12. The highest BCUT2D eigenvalue weighted by atomic mass is 16.5. The van der Waals surface area contributed by atoms with Gasteiger partial charge in [0, 0.05) is 13.6 Å². The summed E-state index contributed by atoms with van der Waals surface area (Å²) in [7, 11) is 1.88. The zero-order valence-electron chi connectivity index (χ0n) is 9.66. The Bertz CT molecular complexity index is 253. The molecule has 1 spiro atoms. The summed E-state index contributed by atoms with van der Waals surface area (Å²) in [5.74, 6) is 0.221. The lowest BCUT2D eigenvalue weighted by molar-refractivity contribution is -0.207. The van der Waals surface area contributed by atoms with E-state index < -0.39 is 0 Å². The van der Waals surface area contributed by atoms with Crippen molar-refractivity contribution in [1.82, 2.24) is 9.80 Å². The molecule has 2 aliphatic heterocycles. The molecule has 2 saturated heterocycles. The molecule has 0 N–H and O–H groups in total. The Labute approximate surface area is 91.2 Å². The van der Waals surface area contributed by atoms with Crippen molar-refractivity contribution in [1.29, 1.82) is 0 Å². The fraction of sp³-hybridized carbons (Fsp3) is 0.909. The van der Waals surface area contributed by atoms with Crippen molar-refractivity contribution < 1.29 is 9.53 Å². The highest BCUT2D eigenvalue weighted by Gasteiger charge is 2.44. The van der Waals surface area contributed by atoms with Crippen molar-refractivity contribution >= 4 is 5.91 Å². The average Bonchev–Trinajstić information content (AvgIpc) is 2.26. The number of amides is 1. The topological polar surface area (TPSA) is 32.8 Å². The largest absolute Gasteiger partial charge is 0.354 e. The maximum atomic E-state index is 11.7. The second-order valence-corrected chi connectivity index (χ2v) is 4.47. The molecule has 1 atom stereocenters. The molecule has 1 amide bonds. The molecular weight excluding hydrogens is 192 g/mol. The number of carbonyl (C=O) groups is 1. The lowest BCUT2D eigenvalue weighted by atomic mass is 9.98. The summed E-state index contributed by atoms with van der Waals surface area (Å²) in [5, 5.41) is 0. The van der Waals surface area contributed by atoms with Crippen LogP contribution in [0.5, 0.6) is 0 Å². The fourth-order valence-electron chi connectivity index (χ4n) is 2.57. The maximum Gasteiger partial charge on any atom is 0.226 e. The van der Waals surface area contributed by atoms with Crippen LogP contribution in [0.4, 0.5) is 0 Å². The first-order valence-electron chi connectivity index (χ1n) is 5.81. The third-order valence-corrected chi connectivity index (χ3v) is 3.63. The van der Waals surface area contributed by atoms with E-state index in [4.69, 9.17) is 4.74 Å². The molecule has 0 radical (unpaired) electrons. The van der Waals surface area contributed by atoms with Gasteiger partial charge in [-0.1, -0.05) is 6.92 Å². The lowest BCUT2D eigenvalue weighted by Crippen LogP contribution is -2.63. The van der Waals surface area contributed by atoms with Gasteiger partial charge in [0.15, 0.2) is 5.72 Å². The summed E-state index contributed by atoms with van der Waals surface area (Å²) >= 11 is 0. The number of hydrogen-bond acceptors (Lipinski definition) is 3. The quantitative estimate of drug-likeness (QED) is 0.640. The molecule has 0 aromatic carbocycles. The predicted octanol–water partition coefficient (Wildman–Crippen LogP) is 0.677. The molecule has 0 saturated carbocycles. The van der Waals surface area contributed by atoms with Crippen LogP contribution in [0, 0.1) is 0 Å². The van der Waals surface area contributed by atoms with Gasteiger partial charge in [-0.15, -0.1) is 0 Å². The Morgan fingerprint density at radius 1 is 1.53 bits per heavy atom. The Kier molecular flexibility index (Phi) is 2.98. The molecule has 0 aliphatic carbocycles. The van der Waals surface area contributed by atoms with Crippen LogP contribution in [0.15, 0.2) is 0 Å². The minimum atomic E-state index is -0.330. The second kappa shape index (κ2) is 4.10. The van der Waals surface area contributed by atoms with Gasteiger partial charge < -0.3 is 9.64 Å². The summed E-state index contributed by atoms with van der Waals surface area (Å²) in [6.45, 7) is 5.77. The summed E-state index contributed by atoms with van der Waals surface area (Å²) < 4.78 is 5.88. The number of likely N-dealkylation sites (tertiary alicyclic amines) is 1. The van der Waals surface area contributed by atoms with Gasteiger partial charge in [0.05, 0.1) is 13.0 Å². The van der Waals surface area contributed by atoms with Crippen molar-refractivity contribution in [3.05, 3.63) is 0 Å². The van der Waals surface area contributed by atoms with Gasteiger partial charge in [-0.25, -0.2) is 0 Å². The molecule has 0 aromatic rings. The number of hydrogen-bond donors (Lipinski definition) is 0. The van der Waals surface area contributed by atoms with Gasteiger partial charge in [-0.3, -0.25) is 9.69 Å². The molecule has 0 bridgehead atoms. The first-order chi connectivity index (χ1) is 7.18. The molecule has 4 nitrogen and oxygen atoms in total. The predicted molar refractivity (Wildman–Crippen MR) is 57.4 cm³/mol. The SMILES string of the molecule is CCN1CCCC2(C1)OCCC(=O)N2C. The summed E-state index contributed by atoms with van der Waals surface area (Å²) in [6.07, 6.45) is 2.63. The Hall–Kier alpha value is -0.610. The molecule has 15 heavy (non-hydrogen) atoms. The van der Waals surface area contributed by atoms with Gasteiger partial charge in [-0.05, 0) is 25.9 Å². The van der Waals surface area contributed by atoms with Gasteiger partial charge in [0.25, 0.3) is 0 Å². The van der Waals surface area contributed by atoms with E-state index in [1.807, 2.05) is 11.9 Å². The van der Waals surface area contributed by atoms with Crippen molar-refractivity contribution in [2.24, 2.45) is 0 Å². The maximum absolute atomic E-state index is 11.7. The summed E-state index contributed by atoms with van der Waals surface area (Å²) in [6, 6.07) is 0. The van der Waals surface area contributed by atoms with Crippen molar-refractivity contribution in [3.8, 4) is 0 Å². The van der Waals surface area contributed by atoms with Crippen LogP contribution in [0.3, 0.4) is 0 Å². The number of nitrogens with zero attached hydrogens (tertiary/aromatic N) is 2. The molecule has 86 valence electrons. The minimum Gasteiger partial charge on any atom is -0.354 e. The van der Waals surface area contributed by atoms with Crippen LogP contribution in [0.1, 0.15) is 26.2 Å². The van der Waals surface area contributed by atoms with Crippen LogP contribution in [0.25, 0.3) is 0 Å². The fourth-order valence-corrected chi connectivity index (χ4v) is 2.57. The van der Waals surface area contributed by atoms with Crippen LogP contribution in [-0.4, -0.2) is 54.7 Å². The van der Waals surface area contributed by atoms with E-state index in [1.54, 1.807) is 0 Å². The van der Waals surface area contributed by atoms with Gasteiger partial charge in [0.1, 0.15) is 0 Å². The molecule has 4 heteroatoms. The summed E-state index contributed by atoms with van der Waals surface area (Å²) in [5.41, 5.74) is -0.330. The van der Waals surface area contributed by atoms with Crippen molar-refractivity contribution in [2.45, 2.75) is 31.9 Å². The van der Waals surface area contributed by atoms with Gasteiger partial charge >= 0.3 is 0 Å². The monoisotopic (exact) mass is 212 g/mol. The van der Waals surface area contributed by atoms with Gasteiger partial charge in [0.2, 0.25) is 5.91 Å². The Morgan fingerprint density at radius 3 is 3.07 bits per heavy atom. The molecule has 2 rings (SSSR count). The minimum absolute atomic E-state index is 0.221. The average molecular weight is 212 g/mol. The van der Waals surface area contributed by atoms with Crippen LogP contribution < -0.4 is 0 Å². The number of ether oxygens (including phenoxy) is 1. The number of rotatable bonds is 1. The first kappa shape index (κ1) is 10.9. The molecule has 0 aromatic heterocycles. The van der Waals surface area contributed by atoms with E-state index in [0.717, 1.165) is 32.5 Å². The van der Waals surface area contributed by atoms with Crippen LogP contribution in [-0.2, 0) is 9.53 Å². The Morgan fingerprint density at radius 2 is 2.33 bits per heavy atom. The number of carbonyl (C=O) groups excluding carboxylic acids is 1. The molecule has 2 fully saturated rings. The van der Waals surface area contributed by atoms with Crippen LogP contribution >= 0.6 is 0 Å². The van der Waals surface area contributed by atoms with Crippen LogP contribution in [0.2, 0.25) is 0 Å². The van der Waals surface area contributed by atoms with E-state index in [2.05, 4.69) is 11.8 Å². The molecule has 1 unspecified atom stereocenters. The van der Waals surface area contributed by atoms with E-state index in [0.29, 0.717) is 13.0 Å². The summed E-state index contributed by atoms with van der Waals surface area (Å²) in [4.78, 5) is 15.9. The van der Waals surface area contributed by atoms with E-state index in [1.165, 1.54) is 0 Å². The first-order valence-corrected chi connectivity index (χ1v) is 5.81. The van der Waals surface area contributed by atoms with Crippen molar-refractivity contribution in [2.75, 3.05) is 33.3 Å². The normalized spacial score (nSPS) is 33.7. The number of piperidine rings is 1. The van der Waals surface area contributed by atoms with E-state index in [-0.39, 0.29) is 11.6 Å². The zero-order valence-corrected chi connectivity index (χ0v) is 9.66. The molecular formula is C11H20N2O2. The lowest BCUT2D eigenvalue weighted by Gasteiger charge is -2.49. The van der Waals surface area contributed by atoms with Gasteiger partial charge in [-0.2, -0.15) is 0 Å².